The predicted molar refractivity (Wildman–Crippen MR) is 122 cm³/mol. The number of anilines is 1. The number of nitrogens with one attached hydrogen (secondary N) is 2. The van der Waals surface area contributed by atoms with Crippen molar-refractivity contribution in [2.24, 2.45) is 7.05 Å². The van der Waals surface area contributed by atoms with E-state index in [1.165, 1.54) is 12.1 Å². The van der Waals surface area contributed by atoms with Gasteiger partial charge in [0.2, 0.25) is 5.91 Å². The monoisotopic (exact) mass is 470 g/mol. The summed E-state index contributed by atoms with van der Waals surface area (Å²) in [6, 6.07) is 12.0. The number of aliphatic hydroxyl groups is 1. The molecule has 1 heterocycles. The maximum absolute atomic E-state index is 12.4. The summed E-state index contributed by atoms with van der Waals surface area (Å²) in [5.41, 5.74) is 1.38. The highest BCUT2D eigenvalue weighted by Crippen LogP contribution is 2.23. The van der Waals surface area contributed by atoms with E-state index in [1.54, 1.807) is 54.9 Å². The summed E-state index contributed by atoms with van der Waals surface area (Å²) in [4.78, 5) is 35.2. The van der Waals surface area contributed by atoms with Gasteiger partial charge in [0, 0.05) is 24.7 Å². The molecule has 0 aliphatic carbocycles. The minimum Gasteiger partial charge on any atom is -0.394 e. The van der Waals surface area contributed by atoms with Gasteiger partial charge >= 0.3 is 0 Å². The second kappa shape index (κ2) is 10.7. The average Bonchev–Trinajstić information content (AvgIpc) is 3.17. The molecule has 0 fully saturated rings. The number of non-ortho nitro benzene ring substituents is 1. The van der Waals surface area contributed by atoms with E-state index in [1.807, 2.05) is 0 Å². The highest BCUT2D eigenvalue weighted by atomic mass is 32.2. The number of aryl methyl sites for hydroxylation is 1. The van der Waals surface area contributed by atoms with Crippen LogP contribution in [0.4, 0.5) is 11.4 Å². The molecule has 1 aromatic heterocycles. The molecule has 0 saturated heterocycles. The maximum atomic E-state index is 12.4. The number of nitrogens with zero attached hydrogens (tertiary/aromatic N) is 4. The van der Waals surface area contributed by atoms with Crippen molar-refractivity contribution in [2.75, 3.05) is 17.7 Å². The van der Waals surface area contributed by atoms with E-state index < -0.39 is 11.0 Å². The molecule has 0 unspecified atom stereocenters. The standard InChI is InChI=1S/C21H22N6O5S/c1-13-8-9-15(27(31)32)10-16(13)22-18(29)12-33-21-25-24-19(26(21)2)17(11-28)23-20(30)14-6-4-3-5-7-14/h3-10,17,28H,11-12H2,1-2H3,(H,22,29)(H,23,30)/t17-/m0/s1. The molecule has 33 heavy (non-hydrogen) atoms. The normalized spacial score (nSPS) is 11.6. The summed E-state index contributed by atoms with van der Waals surface area (Å²) in [7, 11) is 1.66. The Morgan fingerprint density at radius 1 is 1.21 bits per heavy atom. The van der Waals surface area contributed by atoms with Crippen molar-refractivity contribution in [1.82, 2.24) is 20.1 Å². The van der Waals surface area contributed by atoms with Crippen LogP contribution in [0.1, 0.15) is 27.8 Å². The lowest BCUT2D eigenvalue weighted by Crippen LogP contribution is -2.32. The number of nitro benzene ring substituents is 1. The lowest BCUT2D eigenvalue weighted by Gasteiger charge is -2.16. The Labute approximate surface area is 193 Å². The molecule has 3 N–H and O–H groups in total. The molecule has 2 aromatic carbocycles. The van der Waals surface area contributed by atoms with Crippen molar-refractivity contribution in [3.8, 4) is 0 Å². The van der Waals surface area contributed by atoms with Crippen molar-refractivity contribution in [1.29, 1.82) is 0 Å². The average molecular weight is 471 g/mol. The number of nitro groups is 1. The van der Waals surface area contributed by atoms with Crippen molar-refractivity contribution >= 4 is 35.0 Å². The highest BCUT2D eigenvalue weighted by molar-refractivity contribution is 7.99. The Morgan fingerprint density at radius 3 is 2.61 bits per heavy atom. The van der Waals surface area contributed by atoms with Crippen LogP contribution in [0.15, 0.2) is 53.7 Å². The number of amides is 2. The van der Waals surface area contributed by atoms with Gasteiger partial charge in [0.05, 0.1) is 23.0 Å². The minimum atomic E-state index is -0.786. The second-order valence-corrected chi connectivity index (χ2v) is 8.01. The molecule has 0 saturated carbocycles. The molecule has 1 atom stereocenters. The summed E-state index contributed by atoms with van der Waals surface area (Å²) in [6.45, 7) is 1.35. The molecule has 11 nitrogen and oxygen atoms in total. The zero-order valence-electron chi connectivity index (χ0n) is 17.9. The quantitative estimate of drug-likeness (QED) is 0.245. The van der Waals surface area contributed by atoms with E-state index in [9.17, 15) is 24.8 Å². The molecule has 3 rings (SSSR count). The fourth-order valence-electron chi connectivity index (χ4n) is 2.95. The maximum Gasteiger partial charge on any atom is 0.271 e. The van der Waals surface area contributed by atoms with E-state index >= 15 is 0 Å². The van der Waals surface area contributed by atoms with Gasteiger partial charge in [-0.25, -0.2) is 0 Å². The van der Waals surface area contributed by atoms with Gasteiger partial charge in [-0.3, -0.25) is 19.7 Å². The van der Waals surface area contributed by atoms with Gasteiger partial charge in [-0.05, 0) is 24.6 Å². The summed E-state index contributed by atoms with van der Waals surface area (Å²) in [5.74, 6) is -0.420. The van der Waals surface area contributed by atoms with Crippen LogP contribution in [0.3, 0.4) is 0 Å². The first-order valence-corrected chi connectivity index (χ1v) is 10.8. The SMILES string of the molecule is Cc1ccc([N+](=O)[O-])cc1NC(=O)CSc1nnc([C@H](CO)NC(=O)c2ccccc2)n1C. The van der Waals surface area contributed by atoms with Crippen LogP contribution < -0.4 is 10.6 Å². The Balaban J connectivity index is 1.63. The molecule has 0 aliphatic rings. The molecule has 3 aromatic rings. The van der Waals surface area contributed by atoms with Crippen LogP contribution in [-0.2, 0) is 11.8 Å². The van der Waals surface area contributed by atoms with Gasteiger partial charge in [-0.1, -0.05) is 36.0 Å². The molecule has 0 bridgehead atoms. The van der Waals surface area contributed by atoms with Gasteiger partial charge in [0.25, 0.3) is 11.6 Å². The first-order chi connectivity index (χ1) is 15.8. The van der Waals surface area contributed by atoms with Crippen LogP contribution in [0.5, 0.6) is 0 Å². The number of carbonyl (C=O) groups is 2. The number of carbonyl (C=O) groups excluding carboxylic acids is 2. The number of rotatable bonds is 9. The van der Waals surface area contributed by atoms with Crippen molar-refractivity contribution < 1.29 is 19.6 Å². The fraction of sp³-hybridized carbons (Fsp3) is 0.238. The summed E-state index contributed by atoms with van der Waals surface area (Å²) < 4.78 is 1.59. The van der Waals surface area contributed by atoms with Gasteiger partial charge in [0.1, 0.15) is 6.04 Å². The summed E-state index contributed by atoms with van der Waals surface area (Å²) in [5, 5.41) is 34.6. The number of hydrogen-bond acceptors (Lipinski definition) is 8. The number of aliphatic hydroxyl groups excluding tert-OH is 1. The van der Waals surface area contributed by atoms with Crippen LogP contribution >= 0.6 is 11.8 Å². The van der Waals surface area contributed by atoms with Crippen LogP contribution in [0.2, 0.25) is 0 Å². The van der Waals surface area contributed by atoms with E-state index in [-0.39, 0.29) is 29.9 Å². The van der Waals surface area contributed by atoms with Crippen molar-refractivity contribution in [2.45, 2.75) is 18.1 Å². The third kappa shape index (κ3) is 5.93. The van der Waals surface area contributed by atoms with Crippen molar-refractivity contribution in [3.63, 3.8) is 0 Å². The highest BCUT2D eigenvalue weighted by Gasteiger charge is 2.22. The molecule has 0 radical (unpaired) electrons. The molecule has 2 amide bonds. The number of hydrogen-bond donors (Lipinski definition) is 3. The summed E-state index contributed by atoms with van der Waals surface area (Å²) in [6.07, 6.45) is 0. The topological polar surface area (TPSA) is 152 Å². The van der Waals surface area contributed by atoms with E-state index in [2.05, 4.69) is 20.8 Å². The van der Waals surface area contributed by atoms with Crippen LogP contribution in [-0.4, -0.2) is 49.0 Å². The van der Waals surface area contributed by atoms with Gasteiger partial charge in [-0.15, -0.1) is 10.2 Å². The molecular weight excluding hydrogens is 448 g/mol. The number of aromatic nitrogens is 3. The third-order valence-electron chi connectivity index (χ3n) is 4.74. The zero-order valence-corrected chi connectivity index (χ0v) is 18.7. The first-order valence-electron chi connectivity index (χ1n) is 9.84. The van der Waals surface area contributed by atoms with Crippen LogP contribution in [0, 0.1) is 17.0 Å². The van der Waals surface area contributed by atoms with Gasteiger partial charge in [0.15, 0.2) is 11.0 Å². The number of thioether (sulfide) groups is 1. The third-order valence-corrected chi connectivity index (χ3v) is 5.76. The minimum absolute atomic E-state index is 0.0196. The molecule has 172 valence electrons. The van der Waals surface area contributed by atoms with E-state index in [0.29, 0.717) is 27.8 Å². The first kappa shape index (κ1) is 23.9. The Morgan fingerprint density at radius 2 is 1.94 bits per heavy atom. The fourth-order valence-corrected chi connectivity index (χ4v) is 3.67. The van der Waals surface area contributed by atoms with Crippen molar-refractivity contribution in [3.05, 3.63) is 75.6 Å². The molecule has 12 heteroatoms. The van der Waals surface area contributed by atoms with Gasteiger partial charge in [-0.2, -0.15) is 0 Å². The molecular formula is C21H22N6O5S. The second-order valence-electron chi connectivity index (χ2n) is 7.07. The zero-order chi connectivity index (χ0) is 24.0. The summed E-state index contributed by atoms with van der Waals surface area (Å²) >= 11 is 1.10. The Bertz CT molecular complexity index is 1170. The van der Waals surface area contributed by atoms with E-state index in [0.717, 1.165) is 11.8 Å². The molecule has 0 spiro atoms. The van der Waals surface area contributed by atoms with Gasteiger partial charge < -0.3 is 20.3 Å². The molecule has 0 aliphatic heterocycles. The Hall–Kier alpha value is -3.77. The largest absolute Gasteiger partial charge is 0.394 e. The Kier molecular flexibility index (Phi) is 7.74. The van der Waals surface area contributed by atoms with Crippen LogP contribution in [0.25, 0.3) is 0 Å². The lowest BCUT2D eigenvalue weighted by atomic mass is 10.2. The smallest absolute Gasteiger partial charge is 0.271 e. The number of benzene rings is 2. The predicted octanol–water partition coefficient (Wildman–Crippen LogP) is 2.23. The lowest BCUT2D eigenvalue weighted by molar-refractivity contribution is -0.384. The van der Waals surface area contributed by atoms with E-state index in [4.69, 9.17) is 0 Å².